The molecule has 6 nitrogen and oxygen atoms in total. The monoisotopic (exact) mass is 627 g/mol. The molecule has 0 rings (SSSR count). The standard InChI is InChI=1S/C22H44O2.C16H30O4/c1-3-5-7-8-9-10-11-12-13-14-15-16-17-18-19-20-22(23)24-21-6-4-2;1-13(2)19-15(17)11-9-7-5-6-8-10-12-16(18)20-14(3)4/h3-21H2,1-2H3;13-14H,5-12H2,1-4H3. The maximum atomic E-state index is 11.4. The van der Waals surface area contributed by atoms with E-state index in [2.05, 4.69) is 13.8 Å². The van der Waals surface area contributed by atoms with E-state index in [1.807, 2.05) is 27.7 Å². The average Bonchev–Trinajstić information content (AvgIpc) is 2.96. The molecule has 0 N–H and O–H groups in total. The Morgan fingerprint density at radius 3 is 0.955 bits per heavy atom. The minimum atomic E-state index is -0.101. The number of unbranched alkanes of at least 4 members (excludes halogenated alkanes) is 20. The number of hydrogen-bond donors (Lipinski definition) is 0. The minimum absolute atomic E-state index is 0.00172. The summed E-state index contributed by atoms with van der Waals surface area (Å²) in [5.74, 6) is -0.203. The molecule has 0 amide bonds. The summed E-state index contributed by atoms with van der Waals surface area (Å²) in [6.07, 6.45) is 30.1. The lowest BCUT2D eigenvalue weighted by Crippen LogP contribution is -2.11. The topological polar surface area (TPSA) is 78.9 Å². The van der Waals surface area contributed by atoms with Crippen molar-refractivity contribution in [3.63, 3.8) is 0 Å². The van der Waals surface area contributed by atoms with E-state index >= 15 is 0 Å². The molecule has 0 saturated heterocycles. The van der Waals surface area contributed by atoms with Crippen LogP contribution in [0.15, 0.2) is 0 Å². The Morgan fingerprint density at radius 2 is 0.659 bits per heavy atom. The van der Waals surface area contributed by atoms with Gasteiger partial charge in [0.25, 0.3) is 0 Å². The van der Waals surface area contributed by atoms with Crippen LogP contribution in [0.1, 0.15) is 208 Å². The van der Waals surface area contributed by atoms with Gasteiger partial charge in [-0.3, -0.25) is 14.4 Å². The molecule has 0 spiro atoms. The van der Waals surface area contributed by atoms with Crippen molar-refractivity contribution >= 4 is 17.9 Å². The predicted molar refractivity (Wildman–Crippen MR) is 185 cm³/mol. The normalized spacial score (nSPS) is 10.9. The van der Waals surface area contributed by atoms with Crippen molar-refractivity contribution in [1.82, 2.24) is 0 Å². The summed E-state index contributed by atoms with van der Waals surface area (Å²) in [4.78, 5) is 34.0. The first-order chi connectivity index (χ1) is 21.2. The molecule has 0 bridgehead atoms. The number of carbonyl (C=O) groups is 3. The predicted octanol–water partition coefficient (Wildman–Crippen LogP) is 11.6. The number of carbonyl (C=O) groups excluding carboxylic acids is 3. The molecule has 0 aromatic carbocycles. The third kappa shape index (κ3) is 40.4. The van der Waals surface area contributed by atoms with E-state index in [9.17, 15) is 14.4 Å². The molecular formula is C38H74O6. The molecule has 0 unspecified atom stereocenters. The highest BCUT2D eigenvalue weighted by atomic mass is 16.5. The molecule has 0 radical (unpaired) electrons. The SMILES string of the molecule is CC(C)OC(=O)CCCCCCCCC(=O)OC(C)C.CCCCCCCCCCCCCCCCCC(=O)OCCCC. The van der Waals surface area contributed by atoms with Gasteiger partial charge in [0.05, 0.1) is 18.8 Å². The van der Waals surface area contributed by atoms with Gasteiger partial charge in [0.1, 0.15) is 0 Å². The van der Waals surface area contributed by atoms with E-state index in [1.165, 1.54) is 89.9 Å². The highest BCUT2D eigenvalue weighted by Crippen LogP contribution is 2.14. The summed E-state index contributed by atoms with van der Waals surface area (Å²) in [6, 6.07) is 0. The van der Waals surface area contributed by atoms with Crippen molar-refractivity contribution in [3.8, 4) is 0 Å². The Bertz CT molecular complexity index is 603. The van der Waals surface area contributed by atoms with Gasteiger partial charge in [0, 0.05) is 19.3 Å². The molecule has 0 aromatic heterocycles. The van der Waals surface area contributed by atoms with Crippen LogP contribution < -0.4 is 0 Å². The summed E-state index contributed by atoms with van der Waals surface area (Å²) < 4.78 is 15.3. The summed E-state index contributed by atoms with van der Waals surface area (Å²) >= 11 is 0. The van der Waals surface area contributed by atoms with E-state index in [0.29, 0.717) is 25.9 Å². The number of ether oxygens (including phenoxy) is 3. The zero-order valence-corrected chi connectivity index (χ0v) is 30.2. The average molecular weight is 627 g/mol. The van der Waals surface area contributed by atoms with Gasteiger partial charge in [-0.1, -0.05) is 136 Å². The third-order valence-electron chi connectivity index (χ3n) is 7.49. The van der Waals surface area contributed by atoms with Gasteiger partial charge in [-0.2, -0.15) is 0 Å². The summed E-state index contributed by atoms with van der Waals surface area (Å²) in [7, 11) is 0. The van der Waals surface area contributed by atoms with Gasteiger partial charge in [-0.15, -0.1) is 0 Å². The maximum absolute atomic E-state index is 11.4. The van der Waals surface area contributed by atoms with Crippen molar-refractivity contribution in [3.05, 3.63) is 0 Å². The third-order valence-corrected chi connectivity index (χ3v) is 7.49. The first kappa shape index (κ1) is 44.5. The molecule has 0 aliphatic heterocycles. The van der Waals surface area contributed by atoms with Crippen LogP contribution in [0.3, 0.4) is 0 Å². The zero-order chi connectivity index (χ0) is 33.1. The molecule has 6 heteroatoms. The van der Waals surface area contributed by atoms with Gasteiger partial charge in [0.2, 0.25) is 0 Å². The number of hydrogen-bond acceptors (Lipinski definition) is 6. The number of esters is 3. The second-order valence-electron chi connectivity index (χ2n) is 13.0. The summed E-state index contributed by atoms with van der Waals surface area (Å²) in [5, 5.41) is 0. The van der Waals surface area contributed by atoms with Crippen LogP contribution in [0, 0.1) is 0 Å². The highest BCUT2D eigenvalue weighted by molar-refractivity contribution is 5.70. The largest absolute Gasteiger partial charge is 0.466 e. The van der Waals surface area contributed by atoms with E-state index in [0.717, 1.165) is 57.8 Å². The Kier molecular flexibility index (Phi) is 36.3. The molecule has 0 aromatic rings. The van der Waals surface area contributed by atoms with E-state index in [1.54, 1.807) is 0 Å². The highest BCUT2D eigenvalue weighted by Gasteiger charge is 2.06. The lowest BCUT2D eigenvalue weighted by molar-refractivity contribution is -0.148. The van der Waals surface area contributed by atoms with Crippen LogP contribution >= 0.6 is 0 Å². The first-order valence-electron chi connectivity index (χ1n) is 18.8. The van der Waals surface area contributed by atoms with Gasteiger partial charge >= 0.3 is 17.9 Å². The van der Waals surface area contributed by atoms with Crippen LogP contribution in [0.4, 0.5) is 0 Å². The first-order valence-corrected chi connectivity index (χ1v) is 18.8. The number of rotatable bonds is 30. The molecule has 0 heterocycles. The van der Waals surface area contributed by atoms with E-state index < -0.39 is 0 Å². The fraction of sp³-hybridized carbons (Fsp3) is 0.921. The fourth-order valence-electron chi connectivity index (χ4n) is 4.93. The van der Waals surface area contributed by atoms with Crippen LogP contribution in [-0.4, -0.2) is 36.7 Å². The fourth-order valence-corrected chi connectivity index (χ4v) is 4.93. The Balaban J connectivity index is 0. The second kappa shape index (κ2) is 35.9. The lowest BCUT2D eigenvalue weighted by Gasteiger charge is -2.08. The summed E-state index contributed by atoms with van der Waals surface area (Å²) in [6.45, 7) is 12.5. The van der Waals surface area contributed by atoms with Gasteiger partial charge < -0.3 is 14.2 Å². The molecule has 44 heavy (non-hydrogen) atoms. The Morgan fingerprint density at radius 1 is 0.386 bits per heavy atom. The second-order valence-corrected chi connectivity index (χ2v) is 13.0. The zero-order valence-electron chi connectivity index (χ0n) is 30.2. The molecule has 0 saturated carbocycles. The van der Waals surface area contributed by atoms with Gasteiger partial charge in [-0.25, -0.2) is 0 Å². The van der Waals surface area contributed by atoms with Crippen molar-refractivity contribution in [1.29, 1.82) is 0 Å². The summed E-state index contributed by atoms with van der Waals surface area (Å²) in [5.41, 5.74) is 0. The molecule has 0 fully saturated rings. The van der Waals surface area contributed by atoms with Crippen LogP contribution in [0.2, 0.25) is 0 Å². The van der Waals surface area contributed by atoms with E-state index in [4.69, 9.17) is 14.2 Å². The van der Waals surface area contributed by atoms with Crippen LogP contribution in [0.25, 0.3) is 0 Å². The molecule has 262 valence electrons. The molecule has 0 aliphatic carbocycles. The van der Waals surface area contributed by atoms with Crippen molar-refractivity contribution < 1.29 is 28.6 Å². The smallest absolute Gasteiger partial charge is 0.306 e. The maximum Gasteiger partial charge on any atom is 0.306 e. The quantitative estimate of drug-likeness (QED) is 0.0448. The van der Waals surface area contributed by atoms with Crippen LogP contribution in [0.5, 0.6) is 0 Å². The van der Waals surface area contributed by atoms with Crippen LogP contribution in [-0.2, 0) is 28.6 Å². The van der Waals surface area contributed by atoms with E-state index in [-0.39, 0.29) is 30.1 Å². The van der Waals surface area contributed by atoms with Crippen molar-refractivity contribution in [2.45, 2.75) is 221 Å². The lowest BCUT2D eigenvalue weighted by atomic mass is 10.0. The van der Waals surface area contributed by atoms with Gasteiger partial charge in [0.15, 0.2) is 0 Å². The van der Waals surface area contributed by atoms with Gasteiger partial charge in [-0.05, 0) is 53.4 Å². The van der Waals surface area contributed by atoms with Crippen molar-refractivity contribution in [2.75, 3.05) is 6.61 Å². The molecular weight excluding hydrogens is 552 g/mol. The minimum Gasteiger partial charge on any atom is -0.466 e. The Hall–Kier alpha value is -1.59. The molecule has 0 aliphatic rings. The van der Waals surface area contributed by atoms with Crippen molar-refractivity contribution in [2.24, 2.45) is 0 Å². The Labute approximate surface area is 273 Å². The molecule has 0 atom stereocenters.